The maximum absolute atomic E-state index is 8.58. The van der Waals surface area contributed by atoms with Crippen LogP contribution in [-0.2, 0) is 0 Å². The molecule has 0 spiro atoms. The van der Waals surface area contributed by atoms with Crippen molar-refractivity contribution in [3.05, 3.63) is 30.2 Å². The highest BCUT2D eigenvalue weighted by molar-refractivity contribution is 5.35. The lowest BCUT2D eigenvalue weighted by molar-refractivity contribution is 0.305. The third-order valence-electron chi connectivity index (χ3n) is 1.43. The summed E-state index contributed by atoms with van der Waals surface area (Å²) >= 11 is 0. The Morgan fingerprint density at radius 2 is 2.08 bits per heavy atom. The second kappa shape index (κ2) is 2.51. The quantitative estimate of drug-likeness (QED) is 0.616. The van der Waals surface area contributed by atoms with E-state index in [1.54, 1.807) is 17.0 Å². The summed E-state index contributed by atoms with van der Waals surface area (Å²) in [6.45, 7) is 0. The zero-order chi connectivity index (χ0) is 8.39. The number of rotatable bonds is 1. The molecule has 12 heavy (non-hydrogen) atoms. The van der Waals surface area contributed by atoms with E-state index in [-0.39, 0.29) is 5.69 Å². The monoisotopic (exact) mass is 160 g/mol. The number of hydrogen-bond donors (Lipinski definition) is 0. The predicted octanol–water partition coefficient (Wildman–Crippen LogP) is 0.732. The van der Waals surface area contributed by atoms with Crippen molar-refractivity contribution in [2.75, 3.05) is 0 Å². The van der Waals surface area contributed by atoms with E-state index in [9.17, 15) is 0 Å². The van der Waals surface area contributed by atoms with Crippen molar-refractivity contribution >= 4 is 0 Å². The molecular formula is C7H4N4O. The largest absolute Gasteiger partial charge is 0.303 e. The molecule has 5 heteroatoms. The van der Waals surface area contributed by atoms with E-state index in [4.69, 9.17) is 5.26 Å². The van der Waals surface area contributed by atoms with Gasteiger partial charge in [0.15, 0.2) is 0 Å². The standard InChI is InChI=1S/C7H4N4O/c8-5-6-7(10-12-9-6)11-3-1-2-4-11/h1-4H. The fourth-order valence-electron chi connectivity index (χ4n) is 0.900. The molecule has 0 fully saturated rings. The Morgan fingerprint density at radius 3 is 2.75 bits per heavy atom. The minimum Gasteiger partial charge on any atom is -0.303 e. The number of nitrogens with zero attached hydrogens (tertiary/aromatic N) is 4. The topological polar surface area (TPSA) is 67.6 Å². The van der Waals surface area contributed by atoms with Crippen molar-refractivity contribution in [3.63, 3.8) is 0 Å². The molecule has 0 aliphatic carbocycles. The normalized spacial score (nSPS) is 9.58. The molecule has 2 heterocycles. The Kier molecular flexibility index (Phi) is 1.38. The minimum absolute atomic E-state index is 0.186. The molecule has 0 atom stereocenters. The molecule has 0 saturated heterocycles. The highest BCUT2D eigenvalue weighted by Crippen LogP contribution is 2.07. The van der Waals surface area contributed by atoms with Crippen LogP contribution in [0.3, 0.4) is 0 Å². The summed E-state index contributed by atoms with van der Waals surface area (Å²) in [6.07, 6.45) is 3.53. The SMILES string of the molecule is N#Cc1nonc1-n1cccc1. The van der Waals surface area contributed by atoms with Gasteiger partial charge in [0.1, 0.15) is 6.07 Å². The molecule has 0 unspecified atom stereocenters. The van der Waals surface area contributed by atoms with Crippen molar-refractivity contribution < 1.29 is 4.63 Å². The van der Waals surface area contributed by atoms with E-state index < -0.39 is 0 Å². The van der Waals surface area contributed by atoms with Gasteiger partial charge in [-0.25, -0.2) is 4.63 Å². The zero-order valence-electron chi connectivity index (χ0n) is 6.01. The fourth-order valence-corrected chi connectivity index (χ4v) is 0.900. The summed E-state index contributed by atoms with van der Waals surface area (Å²) in [5.74, 6) is 0.419. The molecular weight excluding hydrogens is 156 g/mol. The summed E-state index contributed by atoms with van der Waals surface area (Å²) < 4.78 is 6.08. The van der Waals surface area contributed by atoms with Crippen LogP contribution in [0.1, 0.15) is 5.69 Å². The predicted molar refractivity (Wildman–Crippen MR) is 38.3 cm³/mol. The lowest BCUT2D eigenvalue weighted by Crippen LogP contribution is -1.92. The Labute approximate surface area is 67.8 Å². The van der Waals surface area contributed by atoms with Gasteiger partial charge in [-0.2, -0.15) is 5.26 Å². The molecule has 2 aromatic heterocycles. The third kappa shape index (κ3) is 0.864. The van der Waals surface area contributed by atoms with Crippen molar-refractivity contribution in [1.82, 2.24) is 14.9 Å². The fraction of sp³-hybridized carbons (Fsp3) is 0. The lowest BCUT2D eigenvalue weighted by Gasteiger charge is -1.91. The van der Waals surface area contributed by atoms with E-state index in [1.807, 2.05) is 18.2 Å². The molecule has 0 radical (unpaired) electrons. The van der Waals surface area contributed by atoms with Crippen LogP contribution in [0.5, 0.6) is 0 Å². The molecule has 0 bridgehead atoms. The van der Waals surface area contributed by atoms with Crippen molar-refractivity contribution in [1.29, 1.82) is 5.26 Å². The van der Waals surface area contributed by atoms with Gasteiger partial charge in [0.2, 0.25) is 11.5 Å². The number of aromatic nitrogens is 3. The summed E-state index contributed by atoms with van der Waals surface area (Å²) in [7, 11) is 0. The van der Waals surface area contributed by atoms with Gasteiger partial charge >= 0.3 is 0 Å². The van der Waals surface area contributed by atoms with Crippen LogP contribution >= 0.6 is 0 Å². The van der Waals surface area contributed by atoms with Gasteiger partial charge in [-0.05, 0) is 22.4 Å². The van der Waals surface area contributed by atoms with Crippen LogP contribution < -0.4 is 0 Å². The first-order valence-electron chi connectivity index (χ1n) is 3.28. The van der Waals surface area contributed by atoms with Crippen LogP contribution in [0.2, 0.25) is 0 Å². The van der Waals surface area contributed by atoms with E-state index in [0.717, 1.165) is 0 Å². The van der Waals surface area contributed by atoms with Crippen molar-refractivity contribution in [2.24, 2.45) is 0 Å². The zero-order valence-corrected chi connectivity index (χ0v) is 6.01. The van der Waals surface area contributed by atoms with E-state index >= 15 is 0 Å². The summed E-state index contributed by atoms with van der Waals surface area (Å²) in [4.78, 5) is 0. The van der Waals surface area contributed by atoms with Crippen LogP contribution in [0.25, 0.3) is 5.82 Å². The Balaban J connectivity index is 2.55. The molecule has 0 aliphatic rings. The second-order valence-electron chi connectivity index (χ2n) is 2.14. The van der Waals surface area contributed by atoms with Crippen LogP contribution in [-0.4, -0.2) is 14.9 Å². The van der Waals surface area contributed by atoms with Gasteiger partial charge in [-0.15, -0.1) is 0 Å². The average molecular weight is 160 g/mol. The molecule has 5 nitrogen and oxygen atoms in total. The van der Waals surface area contributed by atoms with E-state index in [2.05, 4.69) is 14.9 Å². The first kappa shape index (κ1) is 6.61. The van der Waals surface area contributed by atoms with Crippen LogP contribution in [0.4, 0.5) is 0 Å². The third-order valence-corrected chi connectivity index (χ3v) is 1.43. The maximum Gasteiger partial charge on any atom is 0.229 e. The Hall–Kier alpha value is -2.09. The molecule has 0 aromatic carbocycles. The van der Waals surface area contributed by atoms with Gasteiger partial charge in [-0.3, -0.25) is 0 Å². The summed E-state index contributed by atoms with van der Waals surface area (Å²) in [6, 6.07) is 5.53. The summed E-state index contributed by atoms with van der Waals surface area (Å²) in [5, 5.41) is 15.6. The van der Waals surface area contributed by atoms with Crippen LogP contribution in [0.15, 0.2) is 29.2 Å². The van der Waals surface area contributed by atoms with Crippen molar-refractivity contribution in [2.45, 2.75) is 0 Å². The molecule has 58 valence electrons. The number of hydrogen-bond acceptors (Lipinski definition) is 4. The van der Waals surface area contributed by atoms with Crippen LogP contribution in [0, 0.1) is 11.3 Å². The smallest absolute Gasteiger partial charge is 0.229 e. The molecule has 0 aliphatic heterocycles. The molecule has 2 aromatic rings. The number of nitriles is 1. The first-order valence-corrected chi connectivity index (χ1v) is 3.28. The Bertz CT molecular complexity index is 409. The second-order valence-corrected chi connectivity index (χ2v) is 2.14. The highest BCUT2D eigenvalue weighted by atomic mass is 16.6. The molecule has 0 amide bonds. The van der Waals surface area contributed by atoms with Gasteiger partial charge in [0.25, 0.3) is 0 Å². The first-order chi connectivity index (χ1) is 5.92. The van der Waals surface area contributed by atoms with Gasteiger partial charge in [0, 0.05) is 12.4 Å². The molecule has 0 N–H and O–H groups in total. The molecule has 0 saturated carbocycles. The van der Waals surface area contributed by atoms with E-state index in [1.165, 1.54) is 0 Å². The minimum atomic E-state index is 0.186. The highest BCUT2D eigenvalue weighted by Gasteiger charge is 2.09. The lowest BCUT2D eigenvalue weighted by atomic mass is 10.5. The maximum atomic E-state index is 8.58. The van der Waals surface area contributed by atoms with Crippen molar-refractivity contribution in [3.8, 4) is 11.9 Å². The van der Waals surface area contributed by atoms with Gasteiger partial charge in [0.05, 0.1) is 0 Å². The molecule has 2 rings (SSSR count). The van der Waals surface area contributed by atoms with E-state index in [0.29, 0.717) is 5.82 Å². The average Bonchev–Trinajstić information content (AvgIpc) is 2.74. The van der Waals surface area contributed by atoms with Gasteiger partial charge < -0.3 is 4.57 Å². The summed E-state index contributed by atoms with van der Waals surface area (Å²) in [5.41, 5.74) is 0.186. The van der Waals surface area contributed by atoms with Gasteiger partial charge in [-0.1, -0.05) is 0 Å². The Morgan fingerprint density at radius 1 is 1.33 bits per heavy atom.